The van der Waals surface area contributed by atoms with Crippen molar-refractivity contribution in [3.8, 4) is 0 Å². The van der Waals surface area contributed by atoms with E-state index in [2.05, 4.69) is 5.32 Å². The van der Waals surface area contributed by atoms with Crippen LogP contribution in [0, 0.1) is 0 Å². The molecule has 0 aromatic carbocycles. The second kappa shape index (κ2) is 8.68. The fourth-order valence-corrected chi connectivity index (χ4v) is 1.25. The molecule has 0 heterocycles. The van der Waals surface area contributed by atoms with Crippen LogP contribution in [0.15, 0.2) is 0 Å². The number of nitrogens with zero attached hydrogens (tertiary/aromatic N) is 1. The van der Waals surface area contributed by atoms with Gasteiger partial charge in [-0.25, -0.2) is 0 Å². The summed E-state index contributed by atoms with van der Waals surface area (Å²) in [6, 6.07) is 0. The Labute approximate surface area is 93.0 Å². The lowest BCUT2D eigenvalue weighted by molar-refractivity contribution is -0.130. The molecule has 1 amide bonds. The van der Waals surface area contributed by atoms with Crippen LogP contribution in [0.4, 0.5) is 0 Å². The zero-order valence-electron chi connectivity index (χ0n) is 10.4. The summed E-state index contributed by atoms with van der Waals surface area (Å²) < 4.78 is 5.10. The van der Waals surface area contributed by atoms with Gasteiger partial charge in [0.05, 0.1) is 6.10 Å². The molecule has 0 fully saturated rings. The third-order valence-electron chi connectivity index (χ3n) is 2.51. The number of hydrogen-bond acceptors (Lipinski definition) is 3. The van der Waals surface area contributed by atoms with E-state index in [4.69, 9.17) is 4.74 Å². The Balaban J connectivity index is 3.60. The fraction of sp³-hybridized carbons (Fsp3) is 0.909. The zero-order valence-corrected chi connectivity index (χ0v) is 10.4. The second-order valence-corrected chi connectivity index (χ2v) is 3.86. The van der Waals surface area contributed by atoms with Gasteiger partial charge in [0.15, 0.2) is 0 Å². The number of carbonyl (C=O) groups excluding carboxylic acids is 1. The molecule has 0 aliphatic rings. The molecular weight excluding hydrogens is 192 g/mol. The van der Waals surface area contributed by atoms with Gasteiger partial charge in [0.25, 0.3) is 0 Å². The number of hydrogen-bond donors (Lipinski definition) is 1. The van der Waals surface area contributed by atoms with Crippen LogP contribution >= 0.6 is 0 Å². The standard InChI is InChI=1S/C11H24N2O2/c1-10(15-4)6-7-11(14)13(3)9-5-8-12-2/h10,12H,5-9H2,1-4H3. The number of rotatable bonds is 8. The molecule has 0 aromatic rings. The highest BCUT2D eigenvalue weighted by Gasteiger charge is 2.09. The van der Waals surface area contributed by atoms with Crippen LogP contribution in [0.2, 0.25) is 0 Å². The van der Waals surface area contributed by atoms with E-state index >= 15 is 0 Å². The second-order valence-electron chi connectivity index (χ2n) is 3.86. The van der Waals surface area contributed by atoms with Gasteiger partial charge in [-0.15, -0.1) is 0 Å². The summed E-state index contributed by atoms with van der Waals surface area (Å²) in [5.74, 6) is 0.204. The first kappa shape index (κ1) is 14.4. The Morgan fingerprint density at radius 1 is 1.53 bits per heavy atom. The molecule has 0 spiro atoms. The quantitative estimate of drug-likeness (QED) is 0.612. The maximum absolute atomic E-state index is 11.6. The van der Waals surface area contributed by atoms with E-state index in [-0.39, 0.29) is 12.0 Å². The molecule has 0 radical (unpaired) electrons. The fourth-order valence-electron chi connectivity index (χ4n) is 1.25. The first-order chi connectivity index (χ1) is 7.11. The molecule has 0 saturated heterocycles. The molecule has 0 saturated carbocycles. The first-order valence-electron chi connectivity index (χ1n) is 5.53. The van der Waals surface area contributed by atoms with Crippen LogP contribution < -0.4 is 5.32 Å². The van der Waals surface area contributed by atoms with Gasteiger partial charge >= 0.3 is 0 Å². The van der Waals surface area contributed by atoms with Gasteiger partial charge < -0.3 is 15.0 Å². The normalized spacial score (nSPS) is 12.5. The Bertz CT molecular complexity index is 174. The van der Waals surface area contributed by atoms with Gasteiger partial charge in [-0.1, -0.05) is 0 Å². The lowest BCUT2D eigenvalue weighted by atomic mass is 10.2. The maximum Gasteiger partial charge on any atom is 0.222 e. The summed E-state index contributed by atoms with van der Waals surface area (Å²) in [5.41, 5.74) is 0. The van der Waals surface area contributed by atoms with Crippen molar-refractivity contribution in [3.05, 3.63) is 0 Å². The van der Waals surface area contributed by atoms with Gasteiger partial charge in [0.1, 0.15) is 0 Å². The summed E-state index contributed by atoms with van der Waals surface area (Å²) in [4.78, 5) is 13.4. The molecule has 4 nitrogen and oxygen atoms in total. The zero-order chi connectivity index (χ0) is 11.7. The Morgan fingerprint density at radius 3 is 2.73 bits per heavy atom. The molecule has 0 rings (SSSR count). The molecule has 0 bridgehead atoms. The third-order valence-corrected chi connectivity index (χ3v) is 2.51. The average Bonchev–Trinajstić information content (AvgIpc) is 2.25. The smallest absolute Gasteiger partial charge is 0.222 e. The molecule has 15 heavy (non-hydrogen) atoms. The number of amides is 1. The SMILES string of the molecule is CNCCCN(C)C(=O)CCC(C)OC. The predicted molar refractivity (Wildman–Crippen MR) is 61.9 cm³/mol. The molecule has 1 unspecified atom stereocenters. The highest BCUT2D eigenvalue weighted by Crippen LogP contribution is 2.02. The van der Waals surface area contributed by atoms with Crippen LogP contribution in [0.3, 0.4) is 0 Å². The summed E-state index contributed by atoms with van der Waals surface area (Å²) in [6.07, 6.45) is 2.54. The third kappa shape index (κ3) is 7.33. The minimum Gasteiger partial charge on any atom is -0.382 e. The molecule has 90 valence electrons. The van der Waals surface area contributed by atoms with Crippen molar-refractivity contribution in [2.45, 2.75) is 32.3 Å². The van der Waals surface area contributed by atoms with Crippen molar-refractivity contribution >= 4 is 5.91 Å². The Morgan fingerprint density at radius 2 is 2.20 bits per heavy atom. The van der Waals surface area contributed by atoms with E-state index in [1.165, 1.54) is 0 Å². The number of methoxy groups -OCH3 is 1. The molecule has 4 heteroatoms. The average molecular weight is 216 g/mol. The van der Waals surface area contributed by atoms with Crippen LogP contribution in [0.5, 0.6) is 0 Å². The molecule has 1 atom stereocenters. The number of carbonyl (C=O) groups is 1. The molecule has 1 N–H and O–H groups in total. The lowest BCUT2D eigenvalue weighted by Gasteiger charge is -2.18. The minimum atomic E-state index is 0.166. The van der Waals surface area contributed by atoms with Crippen LogP contribution in [-0.4, -0.2) is 51.2 Å². The number of ether oxygens (including phenoxy) is 1. The number of nitrogens with one attached hydrogen (secondary N) is 1. The highest BCUT2D eigenvalue weighted by molar-refractivity contribution is 5.75. The van der Waals surface area contributed by atoms with Crippen molar-refractivity contribution in [3.63, 3.8) is 0 Å². The van der Waals surface area contributed by atoms with Crippen molar-refractivity contribution < 1.29 is 9.53 Å². The van der Waals surface area contributed by atoms with E-state index < -0.39 is 0 Å². The monoisotopic (exact) mass is 216 g/mol. The van der Waals surface area contributed by atoms with Crippen molar-refractivity contribution in [2.24, 2.45) is 0 Å². The van der Waals surface area contributed by atoms with E-state index in [9.17, 15) is 4.79 Å². The topological polar surface area (TPSA) is 41.6 Å². The summed E-state index contributed by atoms with van der Waals surface area (Å²) in [7, 11) is 5.45. The Hall–Kier alpha value is -0.610. The van der Waals surface area contributed by atoms with Gasteiger partial charge in [0, 0.05) is 27.1 Å². The van der Waals surface area contributed by atoms with Crippen molar-refractivity contribution in [1.82, 2.24) is 10.2 Å². The van der Waals surface area contributed by atoms with Crippen molar-refractivity contribution in [2.75, 3.05) is 34.3 Å². The molecule has 0 aliphatic heterocycles. The predicted octanol–water partition coefficient (Wildman–Crippen LogP) is 0.869. The van der Waals surface area contributed by atoms with E-state index in [1.807, 2.05) is 21.0 Å². The van der Waals surface area contributed by atoms with Crippen LogP contribution in [0.1, 0.15) is 26.2 Å². The van der Waals surface area contributed by atoms with Gasteiger partial charge in [-0.3, -0.25) is 4.79 Å². The van der Waals surface area contributed by atoms with Crippen molar-refractivity contribution in [1.29, 1.82) is 0 Å². The van der Waals surface area contributed by atoms with Gasteiger partial charge in [-0.2, -0.15) is 0 Å². The maximum atomic E-state index is 11.6. The largest absolute Gasteiger partial charge is 0.382 e. The van der Waals surface area contributed by atoms with E-state index in [0.717, 1.165) is 25.9 Å². The molecule has 0 aliphatic carbocycles. The summed E-state index contributed by atoms with van der Waals surface area (Å²) in [6.45, 7) is 3.75. The lowest BCUT2D eigenvalue weighted by Crippen LogP contribution is -2.29. The van der Waals surface area contributed by atoms with E-state index in [0.29, 0.717) is 6.42 Å². The van der Waals surface area contributed by atoms with Gasteiger partial charge in [0.2, 0.25) is 5.91 Å². The summed E-state index contributed by atoms with van der Waals surface area (Å²) in [5, 5.41) is 3.06. The van der Waals surface area contributed by atoms with Gasteiger partial charge in [-0.05, 0) is 33.4 Å². The minimum absolute atomic E-state index is 0.166. The van der Waals surface area contributed by atoms with Crippen LogP contribution in [0.25, 0.3) is 0 Å². The van der Waals surface area contributed by atoms with Crippen LogP contribution in [-0.2, 0) is 9.53 Å². The molecular formula is C11H24N2O2. The highest BCUT2D eigenvalue weighted by atomic mass is 16.5. The first-order valence-corrected chi connectivity index (χ1v) is 5.53. The Kier molecular flexibility index (Phi) is 8.33. The molecule has 0 aromatic heterocycles. The van der Waals surface area contributed by atoms with E-state index in [1.54, 1.807) is 12.0 Å². The summed E-state index contributed by atoms with van der Waals surface area (Å²) >= 11 is 0.